The van der Waals surface area contributed by atoms with Gasteiger partial charge in [0.2, 0.25) is 0 Å². The molecular formula is C11H17BrN2O2. The first-order valence-corrected chi connectivity index (χ1v) is 6.34. The third-order valence-electron chi connectivity index (χ3n) is 2.97. The Morgan fingerprint density at radius 1 is 1.69 bits per heavy atom. The normalized spacial score (nSPS) is 24.6. The molecule has 0 aromatic carbocycles. The number of nitrogens with two attached hydrogens (primary N) is 1. The Bertz CT molecular complexity index is 342. The number of rotatable bonds is 3. The van der Waals surface area contributed by atoms with Crippen LogP contribution in [-0.4, -0.2) is 37.2 Å². The highest BCUT2D eigenvalue weighted by atomic mass is 79.9. The van der Waals surface area contributed by atoms with Crippen molar-refractivity contribution in [3.8, 4) is 0 Å². The van der Waals surface area contributed by atoms with Gasteiger partial charge in [-0.2, -0.15) is 0 Å². The molecule has 1 saturated heterocycles. The van der Waals surface area contributed by atoms with E-state index in [1.54, 1.807) is 6.26 Å². The zero-order valence-electron chi connectivity index (χ0n) is 9.36. The Morgan fingerprint density at radius 3 is 3.12 bits per heavy atom. The van der Waals surface area contributed by atoms with Crippen LogP contribution in [0.25, 0.3) is 0 Å². The highest BCUT2D eigenvalue weighted by Gasteiger charge is 2.29. The largest absolute Gasteiger partial charge is 0.466 e. The van der Waals surface area contributed by atoms with Gasteiger partial charge in [-0.25, -0.2) is 0 Å². The first-order valence-electron chi connectivity index (χ1n) is 5.54. The molecule has 5 heteroatoms. The quantitative estimate of drug-likeness (QED) is 0.921. The van der Waals surface area contributed by atoms with Gasteiger partial charge < -0.3 is 14.9 Å². The molecule has 16 heavy (non-hydrogen) atoms. The molecule has 0 radical (unpaired) electrons. The molecule has 0 aliphatic carbocycles. The van der Waals surface area contributed by atoms with E-state index >= 15 is 0 Å². The van der Waals surface area contributed by atoms with Crippen LogP contribution in [-0.2, 0) is 4.74 Å². The molecule has 0 amide bonds. The molecule has 1 aromatic rings. The first-order chi connectivity index (χ1) is 7.72. The van der Waals surface area contributed by atoms with Crippen LogP contribution in [0.1, 0.15) is 18.7 Å². The lowest BCUT2D eigenvalue weighted by molar-refractivity contribution is -0.0423. The van der Waals surface area contributed by atoms with Crippen LogP contribution in [0, 0.1) is 0 Å². The molecular weight excluding hydrogens is 272 g/mol. The van der Waals surface area contributed by atoms with Gasteiger partial charge in [-0.1, -0.05) is 6.92 Å². The van der Waals surface area contributed by atoms with E-state index in [-0.39, 0.29) is 12.1 Å². The molecule has 1 fully saturated rings. The van der Waals surface area contributed by atoms with Crippen molar-refractivity contribution < 1.29 is 9.15 Å². The minimum Gasteiger partial charge on any atom is -0.466 e. The third kappa shape index (κ3) is 2.48. The molecule has 2 N–H and O–H groups in total. The number of hydrogen-bond donors (Lipinski definition) is 1. The van der Waals surface area contributed by atoms with E-state index in [0.29, 0.717) is 0 Å². The van der Waals surface area contributed by atoms with Crippen LogP contribution >= 0.6 is 15.9 Å². The summed E-state index contributed by atoms with van der Waals surface area (Å²) in [5.41, 5.74) is 6.16. The molecule has 1 aliphatic rings. The SMILES string of the molecule is CCN1CCOC(C(N)c2occc2Br)C1. The Morgan fingerprint density at radius 2 is 2.50 bits per heavy atom. The van der Waals surface area contributed by atoms with E-state index < -0.39 is 0 Å². The van der Waals surface area contributed by atoms with E-state index in [9.17, 15) is 0 Å². The van der Waals surface area contributed by atoms with Gasteiger partial charge in [-0.3, -0.25) is 4.90 Å². The fourth-order valence-electron chi connectivity index (χ4n) is 1.95. The molecule has 2 rings (SSSR count). The first kappa shape index (κ1) is 12.1. The van der Waals surface area contributed by atoms with Gasteiger partial charge in [0.05, 0.1) is 29.5 Å². The van der Waals surface area contributed by atoms with Crippen molar-refractivity contribution in [2.45, 2.75) is 19.1 Å². The Labute approximate surface area is 104 Å². The molecule has 2 unspecified atom stereocenters. The molecule has 1 aromatic heterocycles. The van der Waals surface area contributed by atoms with Crippen LogP contribution in [0.5, 0.6) is 0 Å². The monoisotopic (exact) mass is 288 g/mol. The van der Waals surface area contributed by atoms with Crippen molar-refractivity contribution >= 4 is 15.9 Å². The van der Waals surface area contributed by atoms with Gasteiger partial charge in [0.1, 0.15) is 5.76 Å². The number of morpholine rings is 1. The van der Waals surface area contributed by atoms with E-state index in [0.717, 1.165) is 36.5 Å². The summed E-state index contributed by atoms with van der Waals surface area (Å²) in [4.78, 5) is 2.34. The summed E-state index contributed by atoms with van der Waals surface area (Å²) >= 11 is 3.42. The highest BCUT2D eigenvalue weighted by Crippen LogP contribution is 2.27. The summed E-state index contributed by atoms with van der Waals surface area (Å²) in [5.74, 6) is 0.767. The van der Waals surface area contributed by atoms with Crippen molar-refractivity contribution in [1.82, 2.24) is 4.90 Å². The lowest BCUT2D eigenvalue weighted by Gasteiger charge is -2.34. The molecule has 0 saturated carbocycles. The minimum absolute atomic E-state index is 0.0103. The average Bonchev–Trinajstić information content (AvgIpc) is 2.74. The smallest absolute Gasteiger partial charge is 0.137 e. The zero-order valence-corrected chi connectivity index (χ0v) is 10.9. The molecule has 4 nitrogen and oxygen atoms in total. The summed E-state index contributed by atoms with van der Waals surface area (Å²) in [6.45, 7) is 5.77. The predicted octanol–water partition coefficient (Wildman–Crippen LogP) is 1.76. The standard InChI is InChI=1S/C11H17BrN2O2/c1-2-14-4-6-15-9(7-14)10(13)11-8(12)3-5-16-11/h3,5,9-10H,2,4,6-7,13H2,1H3. The summed E-state index contributed by atoms with van der Waals surface area (Å²) in [6, 6.07) is 1.65. The fraction of sp³-hybridized carbons (Fsp3) is 0.636. The summed E-state index contributed by atoms with van der Waals surface area (Å²) in [7, 11) is 0. The molecule has 90 valence electrons. The number of ether oxygens (including phenoxy) is 1. The summed E-state index contributed by atoms with van der Waals surface area (Å²) < 4.78 is 12.0. The third-order valence-corrected chi connectivity index (χ3v) is 3.63. The van der Waals surface area contributed by atoms with Crippen molar-refractivity contribution in [2.24, 2.45) is 5.73 Å². The van der Waals surface area contributed by atoms with Crippen LogP contribution in [0.4, 0.5) is 0 Å². The van der Waals surface area contributed by atoms with E-state index in [1.807, 2.05) is 6.07 Å². The maximum Gasteiger partial charge on any atom is 0.137 e. The predicted molar refractivity (Wildman–Crippen MR) is 65.2 cm³/mol. The van der Waals surface area contributed by atoms with E-state index in [4.69, 9.17) is 14.9 Å². The van der Waals surface area contributed by atoms with Crippen molar-refractivity contribution in [3.05, 3.63) is 22.6 Å². The Hall–Kier alpha value is -0.360. The highest BCUT2D eigenvalue weighted by molar-refractivity contribution is 9.10. The maximum absolute atomic E-state index is 6.16. The fourth-order valence-corrected chi connectivity index (χ4v) is 2.41. The van der Waals surface area contributed by atoms with E-state index in [2.05, 4.69) is 27.8 Å². The second-order valence-electron chi connectivity index (χ2n) is 3.96. The van der Waals surface area contributed by atoms with Crippen LogP contribution in [0.3, 0.4) is 0 Å². The molecule has 2 atom stereocenters. The second-order valence-corrected chi connectivity index (χ2v) is 4.82. The molecule has 1 aliphatic heterocycles. The van der Waals surface area contributed by atoms with Crippen molar-refractivity contribution in [2.75, 3.05) is 26.2 Å². The van der Waals surface area contributed by atoms with Gasteiger partial charge >= 0.3 is 0 Å². The lowest BCUT2D eigenvalue weighted by Crippen LogP contribution is -2.46. The Balaban J connectivity index is 2.04. The number of furan rings is 1. The van der Waals surface area contributed by atoms with Gasteiger partial charge in [-0.05, 0) is 28.5 Å². The van der Waals surface area contributed by atoms with Gasteiger partial charge in [0.25, 0.3) is 0 Å². The molecule has 0 bridgehead atoms. The van der Waals surface area contributed by atoms with Gasteiger partial charge in [-0.15, -0.1) is 0 Å². The average molecular weight is 289 g/mol. The lowest BCUT2D eigenvalue weighted by atomic mass is 10.1. The molecule has 0 spiro atoms. The molecule has 2 heterocycles. The number of likely N-dealkylation sites (N-methyl/N-ethyl adjacent to an activating group) is 1. The van der Waals surface area contributed by atoms with Crippen molar-refractivity contribution in [1.29, 1.82) is 0 Å². The zero-order chi connectivity index (χ0) is 11.5. The summed E-state index contributed by atoms with van der Waals surface area (Å²) in [5, 5.41) is 0. The van der Waals surface area contributed by atoms with Crippen LogP contribution in [0.2, 0.25) is 0 Å². The number of nitrogens with zero attached hydrogens (tertiary/aromatic N) is 1. The Kier molecular flexibility index (Phi) is 4.02. The van der Waals surface area contributed by atoms with Crippen molar-refractivity contribution in [3.63, 3.8) is 0 Å². The van der Waals surface area contributed by atoms with Gasteiger partial charge in [0.15, 0.2) is 0 Å². The second kappa shape index (κ2) is 5.31. The number of halogens is 1. The summed E-state index contributed by atoms with van der Waals surface area (Å²) in [6.07, 6.45) is 1.65. The topological polar surface area (TPSA) is 51.6 Å². The minimum atomic E-state index is -0.210. The van der Waals surface area contributed by atoms with Gasteiger partial charge in [0, 0.05) is 13.1 Å². The van der Waals surface area contributed by atoms with Crippen LogP contribution < -0.4 is 5.73 Å². The van der Waals surface area contributed by atoms with Crippen LogP contribution in [0.15, 0.2) is 21.2 Å². The maximum atomic E-state index is 6.16. The van der Waals surface area contributed by atoms with E-state index in [1.165, 1.54) is 0 Å². The number of hydrogen-bond acceptors (Lipinski definition) is 4.